The summed E-state index contributed by atoms with van der Waals surface area (Å²) in [5.74, 6) is 0.752. The van der Waals surface area contributed by atoms with Gasteiger partial charge in [0.15, 0.2) is 0 Å². The standard InChI is InChI=1S/C21H15BrN4O3/c1-28-16-7-5-13(6-8-16)17-11-20(24-12-23-17)25-21(27)19-10-18(26-29-19)14-3-2-4-15(22)9-14/h2-12H,1H3,(H,23,24,25,27). The van der Waals surface area contributed by atoms with Crippen molar-refractivity contribution in [3.63, 3.8) is 0 Å². The molecule has 0 spiro atoms. The van der Waals surface area contributed by atoms with Gasteiger partial charge in [-0.05, 0) is 36.4 Å². The van der Waals surface area contributed by atoms with Crippen molar-refractivity contribution in [1.29, 1.82) is 0 Å². The molecule has 2 aromatic heterocycles. The van der Waals surface area contributed by atoms with Crippen LogP contribution in [0.2, 0.25) is 0 Å². The Bertz CT molecular complexity index is 1160. The summed E-state index contributed by atoms with van der Waals surface area (Å²) < 4.78 is 11.3. The fourth-order valence-corrected chi connectivity index (χ4v) is 3.09. The van der Waals surface area contributed by atoms with Crippen molar-refractivity contribution in [2.75, 3.05) is 12.4 Å². The molecule has 0 saturated heterocycles. The number of ether oxygens (including phenoxy) is 1. The first-order valence-electron chi connectivity index (χ1n) is 8.63. The summed E-state index contributed by atoms with van der Waals surface area (Å²) in [5.41, 5.74) is 2.95. The number of halogens is 1. The third-order valence-electron chi connectivity index (χ3n) is 4.15. The largest absolute Gasteiger partial charge is 0.497 e. The Kier molecular flexibility index (Phi) is 5.35. The van der Waals surface area contributed by atoms with E-state index in [0.717, 1.165) is 21.3 Å². The summed E-state index contributed by atoms with van der Waals surface area (Å²) in [4.78, 5) is 20.9. The van der Waals surface area contributed by atoms with Crippen LogP contribution in [0.5, 0.6) is 5.75 Å². The highest BCUT2D eigenvalue weighted by Crippen LogP contribution is 2.24. The van der Waals surface area contributed by atoms with Gasteiger partial charge in [-0.25, -0.2) is 9.97 Å². The van der Waals surface area contributed by atoms with Crippen molar-refractivity contribution < 1.29 is 14.1 Å². The molecular formula is C21H15BrN4O3. The number of hydrogen-bond donors (Lipinski definition) is 1. The van der Waals surface area contributed by atoms with Crippen molar-refractivity contribution in [3.8, 4) is 28.3 Å². The number of hydrogen-bond acceptors (Lipinski definition) is 6. The number of benzene rings is 2. The van der Waals surface area contributed by atoms with Crippen LogP contribution in [0.4, 0.5) is 5.82 Å². The van der Waals surface area contributed by atoms with Crippen LogP contribution < -0.4 is 10.1 Å². The zero-order valence-electron chi connectivity index (χ0n) is 15.3. The predicted molar refractivity (Wildman–Crippen MR) is 112 cm³/mol. The van der Waals surface area contributed by atoms with Crippen molar-refractivity contribution in [3.05, 3.63) is 77.2 Å². The van der Waals surface area contributed by atoms with Crippen LogP contribution in [0, 0.1) is 0 Å². The Morgan fingerprint density at radius 1 is 1.00 bits per heavy atom. The summed E-state index contributed by atoms with van der Waals surface area (Å²) in [6, 6.07) is 18.3. The summed E-state index contributed by atoms with van der Waals surface area (Å²) in [7, 11) is 1.61. The lowest BCUT2D eigenvalue weighted by Crippen LogP contribution is -2.12. The number of anilines is 1. The first-order chi connectivity index (χ1) is 14.1. The average Bonchev–Trinajstić information content (AvgIpc) is 3.25. The van der Waals surface area contributed by atoms with E-state index in [2.05, 4.69) is 36.4 Å². The number of nitrogens with one attached hydrogen (secondary N) is 1. The van der Waals surface area contributed by atoms with Crippen LogP contribution in [0.15, 0.2) is 76.0 Å². The fourth-order valence-electron chi connectivity index (χ4n) is 2.69. The molecule has 1 amide bonds. The third kappa shape index (κ3) is 4.33. The minimum Gasteiger partial charge on any atom is -0.497 e. The molecule has 144 valence electrons. The molecule has 29 heavy (non-hydrogen) atoms. The van der Waals surface area contributed by atoms with E-state index in [1.54, 1.807) is 19.2 Å². The first kappa shape index (κ1) is 18.8. The maximum absolute atomic E-state index is 12.5. The molecule has 4 aromatic rings. The van der Waals surface area contributed by atoms with Gasteiger partial charge in [-0.2, -0.15) is 0 Å². The van der Waals surface area contributed by atoms with Gasteiger partial charge < -0.3 is 14.6 Å². The molecule has 0 aliphatic heterocycles. The molecule has 0 aliphatic carbocycles. The minimum atomic E-state index is -0.446. The van der Waals surface area contributed by atoms with Gasteiger partial charge in [0.25, 0.3) is 5.91 Å². The molecule has 7 nitrogen and oxygen atoms in total. The molecule has 0 fully saturated rings. The first-order valence-corrected chi connectivity index (χ1v) is 9.42. The predicted octanol–water partition coefficient (Wildman–Crippen LogP) is 4.82. The normalized spacial score (nSPS) is 10.6. The molecule has 0 bridgehead atoms. The van der Waals surface area contributed by atoms with Gasteiger partial charge in [-0.1, -0.05) is 33.2 Å². The highest BCUT2D eigenvalue weighted by molar-refractivity contribution is 9.10. The van der Waals surface area contributed by atoms with E-state index in [1.807, 2.05) is 48.5 Å². The van der Waals surface area contributed by atoms with Crippen LogP contribution in [-0.2, 0) is 0 Å². The average molecular weight is 451 g/mol. The molecule has 0 radical (unpaired) electrons. The van der Waals surface area contributed by atoms with E-state index in [9.17, 15) is 4.79 Å². The van der Waals surface area contributed by atoms with Crippen LogP contribution in [0.1, 0.15) is 10.6 Å². The maximum Gasteiger partial charge on any atom is 0.295 e. The lowest BCUT2D eigenvalue weighted by Gasteiger charge is -2.05. The Hall–Kier alpha value is -3.52. The van der Waals surface area contributed by atoms with Gasteiger partial charge in [0.05, 0.1) is 12.8 Å². The summed E-state index contributed by atoms with van der Waals surface area (Å²) >= 11 is 3.41. The van der Waals surface area contributed by atoms with Crippen molar-refractivity contribution in [2.45, 2.75) is 0 Å². The molecule has 8 heteroatoms. The third-order valence-corrected chi connectivity index (χ3v) is 4.64. The highest BCUT2D eigenvalue weighted by Gasteiger charge is 2.15. The van der Waals surface area contributed by atoms with Gasteiger partial charge in [0.2, 0.25) is 5.76 Å². The number of rotatable bonds is 5. The number of amides is 1. The molecule has 0 unspecified atom stereocenters. The van der Waals surface area contributed by atoms with E-state index < -0.39 is 5.91 Å². The number of nitrogens with zero attached hydrogens (tertiary/aromatic N) is 3. The van der Waals surface area contributed by atoms with E-state index in [0.29, 0.717) is 17.2 Å². The minimum absolute atomic E-state index is 0.0876. The number of carbonyl (C=O) groups is 1. The summed E-state index contributed by atoms with van der Waals surface area (Å²) in [5, 5.41) is 6.68. The molecule has 2 heterocycles. The van der Waals surface area contributed by atoms with Crippen LogP contribution in [-0.4, -0.2) is 28.1 Å². The smallest absolute Gasteiger partial charge is 0.295 e. The van der Waals surface area contributed by atoms with Crippen LogP contribution in [0.3, 0.4) is 0 Å². The van der Waals surface area contributed by atoms with Gasteiger partial charge in [0.1, 0.15) is 23.6 Å². The lowest BCUT2D eigenvalue weighted by atomic mass is 10.1. The lowest BCUT2D eigenvalue weighted by molar-refractivity contribution is 0.0987. The monoisotopic (exact) mass is 450 g/mol. The Labute approximate surface area is 174 Å². The van der Waals surface area contributed by atoms with E-state index in [-0.39, 0.29) is 5.76 Å². The van der Waals surface area contributed by atoms with Crippen LogP contribution >= 0.6 is 15.9 Å². The Morgan fingerprint density at radius 2 is 1.83 bits per heavy atom. The number of carbonyl (C=O) groups excluding carboxylic acids is 1. The van der Waals surface area contributed by atoms with Gasteiger partial charge in [-0.3, -0.25) is 4.79 Å². The highest BCUT2D eigenvalue weighted by atomic mass is 79.9. The fraction of sp³-hybridized carbons (Fsp3) is 0.0476. The number of aromatic nitrogens is 3. The zero-order valence-corrected chi connectivity index (χ0v) is 16.9. The Balaban J connectivity index is 1.51. The molecule has 0 atom stereocenters. The summed E-state index contributed by atoms with van der Waals surface area (Å²) in [6.45, 7) is 0. The van der Waals surface area contributed by atoms with E-state index in [4.69, 9.17) is 9.26 Å². The zero-order chi connectivity index (χ0) is 20.2. The van der Waals surface area contributed by atoms with Crippen molar-refractivity contribution in [2.24, 2.45) is 0 Å². The molecule has 0 saturated carbocycles. The second-order valence-electron chi connectivity index (χ2n) is 6.06. The molecule has 4 rings (SSSR count). The topological polar surface area (TPSA) is 90.1 Å². The molecular weight excluding hydrogens is 436 g/mol. The van der Waals surface area contributed by atoms with Crippen molar-refractivity contribution >= 4 is 27.7 Å². The SMILES string of the molecule is COc1ccc(-c2cc(NC(=O)c3cc(-c4cccc(Br)c4)no3)ncn2)cc1. The maximum atomic E-state index is 12.5. The second kappa shape index (κ2) is 8.24. The van der Waals surface area contributed by atoms with Gasteiger partial charge >= 0.3 is 0 Å². The number of methoxy groups -OCH3 is 1. The molecule has 2 aromatic carbocycles. The molecule has 0 aliphatic rings. The Morgan fingerprint density at radius 3 is 2.59 bits per heavy atom. The second-order valence-corrected chi connectivity index (χ2v) is 6.97. The summed E-state index contributed by atoms with van der Waals surface area (Å²) in [6.07, 6.45) is 1.39. The van der Waals surface area contributed by atoms with Crippen LogP contribution in [0.25, 0.3) is 22.5 Å². The van der Waals surface area contributed by atoms with Gasteiger partial charge in [0, 0.05) is 27.7 Å². The van der Waals surface area contributed by atoms with Gasteiger partial charge in [-0.15, -0.1) is 0 Å². The van der Waals surface area contributed by atoms with Crippen molar-refractivity contribution in [1.82, 2.24) is 15.1 Å². The quantitative estimate of drug-likeness (QED) is 0.468. The molecule has 1 N–H and O–H groups in total. The van der Waals surface area contributed by atoms with E-state index >= 15 is 0 Å². The van der Waals surface area contributed by atoms with E-state index in [1.165, 1.54) is 6.33 Å².